The van der Waals surface area contributed by atoms with Crippen molar-refractivity contribution in [3.05, 3.63) is 29.3 Å². The molecule has 1 aliphatic rings. The molecule has 17 heavy (non-hydrogen) atoms. The molecular formula is C14H22ClNO. The highest BCUT2D eigenvalue weighted by atomic mass is 35.5. The first-order valence-electron chi connectivity index (χ1n) is 6.23. The average molecular weight is 256 g/mol. The number of nitrogens with two attached hydrogens (primary N) is 1. The number of rotatable bonds is 2. The van der Waals surface area contributed by atoms with E-state index >= 15 is 0 Å². The van der Waals surface area contributed by atoms with E-state index in [0.717, 1.165) is 5.56 Å². The predicted molar refractivity (Wildman–Crippen MR) is 73.6 cm³/mol. The zero-order valence-electron chi connectivity index (χ0n) is 10.4. The molecule has 1 aromatic rings. The highest BCUT2D eigenvalue weighted by molar-refractivity contribution is 5.85. The molecule has 1 aromatic carbocycles. The molecule has 0 bridgehead atoms. The van der Waals surface area contributed by atoms with Crippen LogP contribution in [0.25, 0.3) is 0 Å². The molecule has 2 nitrogen and oxygen atoms in total. The molecule has 2 rings (SSSR count). The first kappa shape index (κ1) is 14.3. The number of phenolic OH excluding ortho intramolecular Hbond substituents is 1. The number of aromatic hydroxyl groups is 1. The highest BCUT2D eigenvalue weighted by Gasteiger charge is 2.23. The summed E-state index contributed by atoms with van der Waals surface area (Å²) in [5.41, 5.74) is 8.37. The first-order valence-corrected chi connectivity index (χ1v) is 6.23. The SMILES string of the molecule is Cc1ccc(O)c([C@H](N)C2CCCCC2)c1.Cl. The van der Waals surface area contributed by atoms with Gasteiger partial charge in [-0.05, 0) is 31.7 Å². The summed E-state index contributed by atoms with van der Waals surface area (Å²) in [6, 6.07) is 5.70. The molecule has 0 amide bonds. The van der Waals surface area contributed by atoms with Crippen LogP contribution >= 0.6 is 12.4 Å². The van der Waals surface area contributed by atoms with Crippen LogP contribution in [0.1, 0.15) is 49.3 Å². The smallest absolute Gasteiger partial charge is 0.120 e. The molecule has 1 aliphatic carbocycles. The minimum atomic E-state index is 0. The van der Waals surface area contributed by atoms with Gasteiger partial charge in [0.2, 0.25) is 0 Å². The minimum absolute atomic E-state index is 0. The summed E-state index contributed by atoms with van der Waals surface area (Å²) in [6.45, 7) is 2.04. The molecule has 3 heteroatoms. The lowest BCUT2D eigenvalue weighted by Gasteiger charge is -2.28. The minimum Gasteiger partial charge on any atom is -0.508 e. The number of hydrogen-bond acceptors (Lipinski definition) is 2. The lowest BCUT2D eigenvalue weighted by atomic mass is 9.81. The third-order valence-electron chi connectivity index (χ3n) is 3.70. The van der Waals surface area contributed by atoms with Crippen LogP contribution < -0.4 is 5.73 Å². The normalized spacial score (nSPS) is 18.5. The summed E-state index contributed by atoms with van der Waals surface area (Å²) in [4.78, 5) is 0. The highest BCUT2D eigenvalue weighted by Crippen LogP contribution is 2.36. The molecule has 0 spiro atoms. The van der Waals surface area contributed by atoms with Crippen LogP contribution in [-0.2, 0) is 0 Å². The van der Waals surface area contributed by atoms with Crippen molar-refractivity contribution in [2.45, 2.75) is 45.1 Å². The lowest BCUT2D eigenvalue weighted by Crippen LogP contribution is -2.23. The van der Waals surface area contributed by atoms with Gasteiger partial charge in [-0.3, -0.25) is 0 Å². The number of aryl methyl sites for hydroxylation is 1. The van der Waals surface area contributed by atoms with Gasteiger partial charge in [0.15, 0.2) is 0 Å². The van der Waals surface area contributed by atoms with E-state index in [0.29, 0.717) is 11.7 Å². The Balaban J connectivity index is 0.00000144. The number of phenols is 1. The lowest BCUT2D eigenvalue weighted by molar-refractivity contribution is 0.303. The van der Waals surface area contributed by atoms with Gasteiger partial charge in [0.25, 0.3) is 0 Å². The van der Waals surface area contributed by atoms with Gasteiger partial charge >= 0.3 is 0 Å². The Kier molecular flexibility index (Phi) is 5.29. The zero-order valence-corrected chi connectivity index (χ0v) is 11.2. The Labute approximate surface area is 110 Å². The van der Waals surface area contributed by atoms with E-state index in [9.17, 15) is 5.11 Å². The fourth-order valence-corrected chi connectivity index (χ4v) is 2.69. The third kappa shape index (κ3) is 3.36. The van der Waals surface area contributed by atoms with Gasteiger partial charge in [0.1, 0.15) is 5.75 Å². The molecule has 0 unspecified atom stereocenters. The van der Waals surface area contributed by atoms with Crippen molar-refractivity contribution in [2.75, 3.05) is 0 Å². The second kappa shape index (κ2) is 6.27. The Morgan fingerprint density at radius 2 is 1.88 bits per heavy atom. The van der Waals surface area contributed by atoms with Crippen molar-refractivity contribution in [3.63, 3.8) is 0 Å². The van der Waals surface area contributed by atoms with Gasteiger partial charge in [-0.15, -0.1) is 12.4 Å². The van der Waals surface area contributed by atoms with Crippen LogP contribution in [0.5, 0.6) is 5.75 Å². The van der Waals surface area contributed by atoms with Crippen molar-refractivity contribution in [1.29, 1.82) is 0 Å². The second-order valence-electron chi connectivity index (χ2n) is 4.99. The summed E-state index contributed by atoms with van der Waals surface area (Å²) in [5.74, 6) is 0.894. The monoisotopic (exact) mass is 255 g/mol. The number of halogens is 1. The standard InChI is InChI=1S/C14H21NO.ClH/c1-10-7-8-13(16)12(9-10)14(15)11-5-3-2-4-6-11;/h7-9,11,14,16H,2-6,15H2,1H3;1H/t14-;/m1./s1. The largest absolute Gasteiger partial charge is 0.508 e. The summed E-state index contributed by atoms with van der Waals surface area (Å²) in [7, 11) is 0. The van der Waals surface area contributed by atoms with Gasteiger partial charge in [0, 0.05) is 11.6 Å². The van der Waals surface area contributed by atoms with E-state index in [1.165, 1.54) is 37.7 Å². The molecule has 0 saturated heterocycles. The molecule has 0 aliphatic heterocycles. The van der Waals surface area contributed by atoms with Crippen molar-refractivity contribution >= 4 is 12.4 Å². The number of hydrogen-bond donors (Lipinski definition) is 2. The third-order valence-corrected chi connectivity index (χ3v) is 3.70. The molecule has 1 saturated carbocycles. The average Bonchev–Trinajstić information content (AvgIpc) is 2.32. The predicted octanol–water partition coefficient (Wildman–Crippen LogP) is 3.70. The molecule has 3 N–H and O–H groups in total. The van der Waals surface area contributed by atoms with Gasteiger partial charge in [-0.1, -0.05) is 37.0 Å². The summed E-state index contributed by atoms with van der Waals surface area (Å²) in [5, 5.41) is 9.86. The number of benzene rings is 1. The first-order chi connectivity index (χ1) is 7.68. The Morgan fingerprint density at radius 1 is 1.24 bits per heavy atom. The van der Waals surface area contributed by atoms with Crippen molar-refractivity contribution in [2.24, 2.45) is 11.7 Å². The summed E-state index contributed by atoms with van der Waals surface area (Å²) < 4.78 is 0. The van der Waals surface area contributed by atoms with E-state index in [4.69, 9.17) is 5.73 Å². The van der Waals surface area contributed by atoms with Crippen LogP contribution in [0.3, 0.4) is 0 Å². The second-order valence-corrected chi connectivity index (χ2v) is 4.99. The van der Waals surface area contributed by atoms with Gasteiger partial charge < -0.3 is 10.8 Å². The fourth-order valence-electron chi connectivity index (χ4n) is 2.69. The van der Waals surface area contributed by atoms with Crippen LogP contribution in [-0.4, -0.2) is 5.11 Å². The molecular weight excluding hydrogens is 234 g/mol. The Bertz CT molecular complexity index is 361. The molecule has 96 valence electrons. The van der Waals surface area contributed by atoms with E-state index in [2.05, 4.69) is 0 Å². The maximum Gasteiger partial charge on any atom is 0.120 e. The van der Waals surface area contributed by atoms with Crippen LogP contribution in [0.15, 0.2) is 18.2 Å². The molecule has 0 heterocycles. The molecule has 1 atom stereocenters. The van der Waals surface area contributed by atoms with Gasteiger partial charge in [0.05, 0.1) is 0 Å². The van der Waals surface area contributed by atoms with Crippen molar-refractivity contribution in [3.8, 4) is 5.75 Å². The van der Waals surface area contributed by atoms with Gasteiger partial charge in [-0.2, -0.15) is 0 Å². The Morgan fingerprint density at radius 3 is 2.53 bits per heavy atom. The molecule has 1 fully saturated rings. The fraction of sp³-hybridized carbons (Fsp3) is 0.571. The van der Waals surface area contributed by atoms with Crippen LogP contribution in [0.2, 0.25) is 0 Å². The summed E-state index contributed by atoms with van der Waals surface area (Å²) in [6.07, 6.45) is 6.31. The van der Waals surface area contributed by atoms with E-state index in [1.54, 1.807) is 6.07 Å². The Hall–Kier alpha value is -0.730. The van der Waals surface area contributed by atoms with E-state index in [-0.39, 0.29) is 18.4 Å². The maximum atomic E-state index is 9.86. The van der Waals surface area contributed by atoms with E-state index in [1.807, 2.05) is 19.1 Å². The van der Waals surface area contributed by atoms with Gasteiger partial charge in [-0.25, -0.2) is 0 Å². The van der Waals surface area contributed by atoms with Crippen LogP contribution in [0, 0.1) is 12.8 Å². The van der Waals surface area contributed by atoms with Crippen molar-refractivity contribution in [1.82, 2.24) is 0 Å². The van der Waals surface area contributed by atoms with E-state index < -0.39 is 0 Å². The quantitative estimate of drug-likeness (QED) is 0.846. The zero-order chi connectivity index (χ0) is 11.5. The topological polar surface area (TPSA) is 46.2 Å². The van der Waals surface area contributed by atoms with Crippen molar-refractivity contribution < 1.29 is 5.11 Å². The van der Waals surface area contributed by atoms with Crippen LogP contribution in [0.4, 0.5) is 0 Å². The maximum absolute atomic E-state index is 9.86. The molecule has 0 radical (unpaired) electrons. The summed E-state index contributed by atoms with van der Waals surface area (Å²) >= 11 is 0. The molecule has 0 aromatic heterocycles.